The Morgan fingerprint density at radius 1 is 1.35 bits per heavy atom. The second-order valence-corrected chi connectivity index (χ2v) is 4.50. The highest BCUT2D eigenvalue weighted by molar-refractivity contribution is 5.93. The molecule has 0 bridgehead atoms. The third-order valence-corrected chi connectivity index (χ3v) is 3.03. The number of aryl methyl sites for hydroxylation is 1. The van der Waals surface area contributed by atoms with Gasteiger partial charge in [-0.05, 0) is 30.5 Å². The zero-order chi connectivity index (χ0) is 14.4. The highest BCUT2D eigenvalue weighted by atomic mass is 16.6. The fraction of sp³-hybridized carbons (Fsp3) is 0.357. The van der Waals surface area contributed by atoms with E-state index in [1.807, 2.05) is 30.3 Å². The summed E-state index contributed by atoms with van der Waals surface area (Å²) >= 11 is 0. The van der Waals surface area contributed by atoms with Gasteiger partial charge in [0.1, 0.15) is 5.69 Å². The van der Waals surface area contributed by atoms with Crippen molar-refractivity contribution in [3.63, 3.8) is 0 Å². The number of aliphatic hydroxyl groups is 1. The molecule has 2 rings (SSSR count). The summed E-state index contributed by atoms with van der Waals surface area (Å²) in [7, 11) is 0. The van der Waals surface area contributed by atoms with E-state index in [4.69, 9.17) is 5.11 Å². The monoisotopic (exact) mass is 275 g/mol. The lowest BCUT2D eigenvalue weighted by atomic mass is 10.0. The largest absolute Gasteiger partial charge is 0.396 e. The molecule has 0 saturated carbocycles. The van der Waals surface area contributed by atoms with Crippen LogP contribution in [-0.4, -0.2) is 27.9 Å². The number of nitrogens with zero attached hydrogens (tertiary/aromatic N) is 2. The van der Waals surface area contributed by atoms with Crippen molar-refractivity contribution >= 4 is 5.91 Å². The molecule has 1 heterocycles. The van der Waals surface area contributed by atoms with Crippen LogP contribution in [0.4, 0.5) is 0 Å². The third kappa shape index (κ3) is 3.42. The fourth-order valence-corrected chi connectivity index (χ4v) is 1.97. The summed E-state index contributed by atoms with van der Waals surface area (Å²) in [4.78, 5) is 12.1. The molecule has 1 aromatic heterocycles. The van der Waals surface area contributed by atoms with Gasteiger partial charge in [0.15, 0.2) is 5.69 Å². The maximum absolute atomic E-state index is 12.1. The Morgan fingerprint density at radius 3 is 2.70 bits per heavy atom. The average Bonchev–Trinajstić information content (AvgIpc) is 2.90. The van der Waals surface area contributed by atoms with Crippen LogP contribution in [-0.2, 0) is 0 Å². The molecule has 6 nitrogen and oxygen atoms in total. The first-order valence-corrected chi connectivity index (χ1v) is 6.48. The highest BCUT2D eigenvalue weighted by Crippen LogP contribution is 2.19. The Kier molecular flexibility index (Phi) is 4.84. The van der Waals surface area contributed by atoms with Gasteiger partial charge < -0.3 is 10.4 Å². The summed E-state index contributed by atoms with van der Waals surface area (Å²) in [5, 5.41) is 19.1. The zero-order valence-corrected chi connectivity index (χ0v) is 11.2. The fourth-order valence-electron chi connectivity index (χ4n) is 1.97. The van der Waals surface area contributed by atoms with Crippen LogP contribution in [0.1, 0.15) is 40.6 Å². The van der Waals surface area contributed by atoms with Crippen molar-refractivity contribution in [3.05, 3.63) is 47.3 Å². The topological polar surface area (TPSA) is 88.2 Å². The Morgan fingerprint density at radius 2 is 2.10 bits per heavy atom. The quantitative estimate of drug-likeness (QED) is 0.836. The van der Waals surface area contributed by atoms with E-state index in [0.29, 0.717) is 18.5 Å². The molecule has 0 aliphatic rings. The first kappa shape index (κ1) is 14.2. The summed E-state index contributed by atoms with van der Waals surface area (Å²) in [5.74, 6) is -0.324. The highest BCUT2D eigenvalue weighted by Gasteiger charge is 2.20. The molecule has 0 fully saturated rings. The van der Waals surface area contributed by atoms with Gasteiger partial charge in [0.25, 0.3) is 5.91 Å². The number of carbonyl (C=O) groups is 1. The van der Waals surface area contributed by atoms with Crippen LogP contribution in [0.15, 0.2) is 35.0 Å². The molecule has 20 heavy (non-hydrogen) atoms. The van der Waals surface area contributed by atoms with Crippen molar-refractivity contribution in [2.45, 2.75) is 25.8 Å². The van der Waals surface area contributed by atoms with Gasteiger partial charge in [0.2, 0.25) is 0 Å². The molecule has 0 radical (unpaired) electrons. The van der Waals surface area contributed by atoms with Crippen molar-refractivity contribution in [2.75, 3.05) is 6.61 Å². The number of nitrogens with one attached hydrogen (secondary N) is 1. The minimum absolute atomic E-state index is 0.0871. The standard InChI is InChI=1S/C14H17N3O3/c1-10-13(17-20-16-10)14(19)15-12(8-5-9-18)11-6-3-2-4-7-11/h2-4,6-7,12,18H,5,8-9H2,1H3,(H,15,19). The predicted octanol–water partition coefficient (Wildman–Crippen LogP) is 1.62. The van der Waals surface area contributed by atoms with Crippen LogP contribution in [0.3, 0.4) is 0 Å². The SMILES string of the molecule is Cc1nonc1C(=O)NC(CCCO)c1ccccc1. The van der Waals surface area contributed by atoms with Gasteiger partial charge in [-0.3, -0.25) is 4.79 Å². The number of hydrogen-bond donors (Lipinski definition) is 2. The van der Waals surface area contributed by atoms with Gasteiger partial charge in [-0.15, -0.1) is 0 Å². The Balaban J connectivity index is 2.12. The second kappa shape index (κ2) is 6.81. The van der Waals surface area contributed by atoms with Gasteiger partial charge in [0.05, 0.1) is 6.04 Å². The van der Waals surface area contributed by atoms with E-state index in [-0.39, 0.29) is 24.2 Å². The molecule has 6 heteroatoms. The van der Waals surface area contributed by atoms with Crippen LogP contribution in [0.2, 0.25) is 0 Å². The van der Waals surface area contributed by atoms with Crippen molar-refractivity contribution in [1.82, 2.24) is 15.6 Å². The lowest BCUT2D eigenvalue weighted by Gasteiger charge is -2.18. The summed E-state index contributed by atoms with van der Waals surface area (Å²) < 4.78 is 4.53. The molecular weight excluding hydrogens is 258 g/mol. The van der Waals surface area contributed by atoms with Gasteiger partial charge in [-0.2, -0.15) is 0 Å². The molecule has 1 aromatic carbocycles. The minimum atomic E-state index is -0.324. The molecule has 2 aromatic rings. The van der Waals surface area contributed by atoms with Crippen molar-refractivity contribution in [2.24, 2.45) is 0 Å². The van der Waals surface area contributed by atoms with Gasteiger partial charge in [0, 0.05) is 6.61 Å². The molecular formula is C14H17N3O3. The normalized spacial score (nSPS) is 12.1. The molecule has 0 spiro atoms. The van der Waals surface area contributed by atoms with Gasteiger partial charge in [-0.25, -0.2) is 4.63 Å². The van der Waals surface area contributed by atoms with E-state index >= 15 is 0 Å². The van der Waals surface area contributed by atoms with E-state index in [9.17, 15) is 4.79 Å². The Hall–Kier alpha value is -2.21. The van der Waals surface area contributed by atoms with E-state index in [0.717, 1.165) is 5.56 Å². The number of carbonyl (C=O) groups excluding carboxylic acids is 1. The second-order valence-electron chi connectivity index (χ2n) is 4.50. The molecule has 2 N–H and O–H groups in total. The molecule has 1 unspecified atom stereocenters. The first-order valence-electron chi connectivity index (χ1n) is 6.48. The number of benzene rings is 1. The van der Waals surface area contributed by atoms with Crippen molar-refractivity contribution < 1.29 is 14.5 Å². The number of amides is 1. The average molecular weight is 275 g/mol. The Bertz CT molecular complexity index is 554. The van der Waals surface area contributed by atoms with Crippen molar-refractivity contribution in [3.8, 4) is 0 Å². The molecule has 106 valence electrons. The van der Waals surface area contributed by atoms with Gasteiger partial charge >= 0.3 is 0 Å². The number of aromatic nitrogens is 2. The molecule has 1 amide bonds. The summed E-state index contributed by atoms with van der Waals surface area (Å²) in [6.07, 6.45) is 1.26. The molecule has 0 aliphatic heterocycles. The van der Waals surface area contributed by atoms with E-state index in [2.05, 4.69) is 20.3 Å². The Labute approximate surface area is 116 Å². The first-order chi connectivity index (χ1) is 9.72. The van der Waals surface area contributed by atoms with Crippen LogP contribution in [0.5, 0.6) is 0 Å². The lowest BCUT2D eigenvalue weighted by Crippen LogP contribution is -2.29. The number of rotatable bonds is 6. The molecule has 0 saturated heterocycles. The van der Waals surface area contributed by atoms with E-state index < -0.39 is 0 Å². The summed E-state index contributed by atoms with van der Waals surface area (Å²) in [6, 6.07) is 9.45. The maximum Gasteiger partial charge on any atom is 0.275 e. The maximum atomic E-state index is 12.1. The van der Waals surface area contributed by atoms with Gasteiger partial charge in [-0.1, -0.05) is 35.5 Å². The number of aliphatic hydroxyl groups excluding tert-OH is 1. The lowest BCUT2D eigenvalue weighted by molar-refractivity contribution is 0.0922. The van der Waals surface area contributed by atoms with Crippen molar-refractivity contribution in [1.29, 1.82) is 0 Å². The smallest absolute Gasteiger partial charge is 0.275 e. The summed E-state index contributed by atoms with van der Waals surface area (Å²) in [5.41, 5.74) is 1.63. The third-order valence-electron chi connectivity index (χ3n) is 3.03. The molecule has 1 atom stereocenters. The molecule has 0 aliphatic carbocycles. The van der Waals surface area contributed by atoms with Crippen LogP contribution >= 0.6 is 0 Å². The zero-order valence-electron chi connectivity index (χ0n) is 11.2. The summed E-state index contributed by atoms with van der Waals surface area (Å²) in [6.45, 7) is 1.75. The van der Waals surface area contributed by atoms with E-state index in [1.165, 1.54) is 0 Å². The van der Waals surface area contributed by atoms with Crippen LogP contribution < -0.4 is 5.32 Å². The van der Waals surface area contributed by atoms with Crippen LogP contribution in [0, 0.1) is 6.92 Å². The minimum Gasteiger partial charge on any atom is -0.396 e. The van der Waals surface area contributed by atoms with E-state index in [1.54, 1.807) is 6.92 Å². The predicted molar refractivity (Wildman–Crippen MR) is 72.0 cm³/mol. The number of hydrogen-bond acceptors (Lipinski definition) is 5. The van der Waals surface area contributed by atoms with Crippen LogP contribution in [0.25, 0.3) is 0 Å².